The van der Waals surface area contributed by atoms with Gasteiger partial charge in [0.15, 0.2) is 5.78 Å². The third kappa shape index (κ3) is 3.92. The molecule has 1 heterocycles. The second-order valence-corrected chi connectivity index (χ2v) is 7.94. The van der Waals surface area contributed by atoms with Crippen LogP contribution in [-0.2, 0) is 16.1 Å². The Bertz CT molecular complexity index is 1050. The van der Waals surface area contributed by atoms with Crippen molar-refractivity contribution in [1.29, 1.82) is 5.26 Å². The van der Waals surface area contributed by atoms with Crippen LogP contribution in [0.25, 0.3) is 0 Å². The molecule has 0 fully saturated rings. The van der Waals surface area contributed by atoms with Crippen molar-refractivity contribution < 1.29 is 14.3 Å². The second kappa shape index (κ2) is 8.14. The molecule has 0 saturated heterocycles. The Morgan fingerprint density at radius 2 is 1.86 bits per heavy atom. The first-order valence-electron chi connectivity index (χ1n) is 9.38. The van der Waals surface area contributed by atoms with Crippen molar-refractivity contribution in [2.24, 2.45) is 5.73 Å². The highest BCUT2D eigenvalue weighted by molar-refractivity contribution is 9.10. The van der Waals surface area contributed by atoms with Crippen molar-refractivity contribution in [2.45, 2.75) is 31.8 Å². The van der Waals surface area contributed by atoms with Crippen LogP contribution in [-0.4, -0.2) is 5.78 Å². The highest BCUT2D eigenvalue weighted by Crippen LogP contribution is 2.43. The number of hydrogen-bond acceptors (Lipinski definition) is 5. The van der Waals surface area contributed by atoms with Crippen LogP contribution >= 0.6 is 15.9 Å². The summed E-state index contributed by atoms with van der Waals surface area (Å²) in [6.07, 6.45) is 1.86. The van der Waals surface area contributed by atoms with Gasteiger partial charge in [0.05, 0.1) is 5.92 Å². The maximum atomic E-state index is 12.6. The van der Waals surface area contributed by atoms with Gasteiger partial charge in [-0.05, 0) is 41.8 Å². The molecule has 0 radical (unpaired) electrons. The Hall–Kier alpha value is -3.04. The Morgan fingerprint density at radius 1 is 1.14 bits per heavy atom. The molecule has 2 N–H and O–H groups in total. The highest BCUT2D eigenvalue weighted by atomic mass is 79.9. The number of rotatable bonds is 4. The topological polar surface area (TPSA) is 85.3 Å². The van der Waals surface area contributed by atoms with Gasteiger partial charge in [0, 0.05) is 22.9 Å². The van der Waals surface area contributed by atoms with Crippen LogP contribution in [0.15, 0.2) is 75.8 Å². The van der Waals surface area contributed by atoms with Crippen LogP contribution in [0.1, 0.15) is 36.3 Å². The minimum atomic E-state index is -0.489. The van der Waals surface area contributed by atoms with E-state index in [1.54, 1.807) is 0 Å². The van der Waals surface area contributed by atoms with E-state index in [0.717, 1.165) is 22.0 Å². The van der Waals surface area contributed by atoms with Crippen LogP contribution in [0.5, 0.6) is 5.75 Å². The van der Waals surface area contributed by atoms with Gasteiger partial charge in [-0.3, -0.25) is 4.79 Å². The lowest BCUT2D eigenvalue weighted by Crippen LogP contribution is -2.27. The molecule has 0 aromatic heterocycles. The van der Waals surface area contributed by atoms with Crippen molar-refractivity contribution >= 4 is 21.7 Å². The molecular weight excluding hydrogens is 432 g/mol. The Labute approximate surface area is 177 Å². The molecule has 5 nitrogen and oxygen atoms in total. The van der Waals surface area contributed by atoms with E-state index in [1.807, 2.05) is 48.5 Å². The van der Waals surface area contributed by atoms with E-state index in [-0.39, 0.29) is 17.2 Å². The number of carbonyl (C=O) groups excluding carboxylic acids is 1. The maximum Gasteiger partial charge on any atom is 0.205 e. The fourth-order valence-electron chi connectivity index (χ4n) is 3.69. The number of halogens is 1. The van der Waals surface area contributed by atoms with Crippen molar-refractivity contribution in [1.82, 2.24) is 0 Å². The normalized spacial score (nSPS) is 18.8. The predicted octanol–water partition coefficient (Wildman–Crippen LogP) is 4.84. The zero-order valence-electron chi connectivity index (χ0n) is 15.7. The molecule has 6 heteroatoms. The van der Waals surface area contributed by atoms with Crippen LogP contribution < -0.4 is 10.5 Å². The van der Waals surface area contributed by atoms with Gasteiger partial charge in [0.2, 0.25) is 5.88 Å². The van der Waals surface area contributed by atoms with Crippen LogP contribution in [0.4, 0.5) is 0 Å². The Balaban J connectivity index is 1.58. The second-order valence-electron chi connectivity index (χ2n) is 7.02. The largest absolute Gasteiger partial charge is 0.489 e. The minimum Gasteiger partial charge on any atom is -0.489 e. The van der Waals surface area contributed by atoms with Crippen molar-refractivity contribution in [2.75, 3.05) is 0 Å². The number of benzene rings is 2. The van der Waals surface area contributed by atoms with E-state index < -0.39 is 5.92 Å². The van der Waals surface area contributed by atoms with Gasteiger partial charge in [0.25, 0.3) is 0 Å². The number of ether oxygens (including phenoxy) is 2. The monoisotopic (exact) mass is 450 g/mol. The van der Waals surface area contributed by atoms with Crippen molar-refractivity contribution in [3.63, 3.8) is 0 Å². The number of Topliss-reactive ketones (excluding diaryl/α,β-unsaturated/α-hetero) is 1. The number of nitrogens with zero attached hydrogens (tertiary/aromatic N) is 1. The number of nitrogens with two attached hydrogens (primary N) is 1. The molecular formula is C23H19BrN2O3. The summed E-state index contributed by atoms with van der Waals surface area (Å²) in [5.74, 6) is 0.923. The summed E-state index contributed by atoms with van der Waals surface area (Å²) in [7, 11) is 0. The Morgan fingerprint density at radius 3 is 2.55 bits per heavy atom. The number of hydrogen-bond donors (Lipinski definition) is 1. The van der Waals surface area contributed by atoms with Gasteiger partial charge in [-0.1, -0.05) is 40.2 Å². The van der Waals surface area contributed by atoms with Gasteiger partial charge >= 0.3 is 0 Å². The first-order valence-corrected chi connectivity index (χ1v) is 10.2. The molecule has 146 valence electrons. The fraction of sp³-hybridized carbons (Fsp3) is 0.217. The molecule has 2 aliphatic rings. The average Bonchev–Trinajstić information content (AvgIpc) is 2.73. The summed E-state index contributed by atoms with van der Waals surface area (Å²) in [6.45, 7) is 0.452. The lowest BCUT2D eigenvalue weighted by Gasteiger charge is -2.31. The van der Waals surface area contributed by atoms with Gasteiger partial charge in [-0.15, -0.1) is 0 Å². The van der Waals surface area contributed by atoms with Crippen molar-refractivity contribution in [3.8, 4) is 11.8 Å². The highest BCUT2D eigenvalue weighted by Gasteiger charge is 2.37. The van der Waals surface area contributed by atoms with E-state index in [0.29, 0.717) is 36.5 Å². The standard InChI is InChI=1S/C23H19BrN2O3/c24-16-8-4-14(5-9-16)13-28-17-10-6-15(7-11-17)21-18(12-25)23(26)29-20-3-1-2-19(27)22(20)21/h4-11,21H,1-3,13,26H2/t21-/m1/s1. The third-order valence-electron chi connectivity index (χ3n) is 5.14. The summed E-state index contributed by atoms with van der Waals surface area (Å²) in [6, 6.07) is 17.5. The van der Waals surface area contributed by atoms with Gasteiger partial charge in [-0.2, -0.15) is 5.26 Å². The van der Waals surface area contributed by atoms with E-state index in [1.165, 1.54) is 0 Å². The minimum absolute atomic E-state index is 0.0204. The molecule has 0 spiro atoms. The van der Waals surface area contributed by atoms with E-state index in [4.69, 9.17) is 15.2 Å². The zero-order valence-corrected chi connectivity index (χ0v) is 17.2. The van der Waals surface area contributed by atoms with Crippen LogP contribution in [0, 0.1) is 11.3 Å². The maximum absolute atomic E-state index is 12.6. The van der Waals surface area contributed by atoms with Gasteiger partial charge < -0.3 is 15.2 Å². The summed E-state index contributed by atoms with van der Waals surface area (Å²) < 4.78 is 12.5. The molecule has 1 atom stereocenters. The zero-order chi connectivity index (χ0) is 20.4. The molecule has 4 rings (SSSR count). The fourth-order valence-corrected chi connectivity index (χ4v) is 3.96. The lowest BCUT2D eigenvalue weighted by molar-refractivity contribution is -0.116. The van der Waals surface area contributed by atoms with Crippen LogP contribution in [0.3, 0.4) is 0 Å². The van der Waals surface area contributed by atoms with E-state index >= 15 is 0 Å². The number of ketones is 1. The van der Waals surface area contributed by atoms with Crippen LogP contribution in [0.2, 0.25) is 0 Å². The molecule has 0 saturated carbocycles. The molecule has 0 unspecified atom stereocenters. The number of nitriles is 1. The summed E-state index contributed by atoms with van der Waals surface area (Å²) in [5, 5.41) is 9.62. The first kappa shape index (κ1) is 19.3. The Kier molecular flexibility index (Phi) is 5.41. The smallest absolute Gasteiger partial charge is 0.205 e. The molecule has 1 aliphatic carbocycles. The lowest BCUT2D eigenvalue weighted by atomic mass is 9.77. The molecule has 2 aromatic carbocycles. The molecule has 0 amide bonds. The number of carbonyl (C=O) groups is 1. The van der Waals surface area contributed by atoms with Gasteiger partial charge in [0.1, 0.15) is 29.8 Å². The quantitative estimate of drug-likeness (QED) is 0.719. The molecule has 1 aliphatic heterocycles. The predicted molar refractivity (Wildman–Crippen MR) is 111 cm³/mol. The van der Waals surface area contributed by atoms with Crippen molar-refractivity contribution in [3.05, 3.63) is 86.9 Å². The first-order chi connectivity index (χ1) is 14.1. The average molecular weight is 451 g/mol. The van der Waals surface area contributed by atoms with E-state index in [9.17, 15) is 10.1 Å². The SMILES string of the molecule is N#CC1=C(N)OC2=C(C(=O)CCC2)[C@@H]1c1ccc(OCc2ccc(Br)cc2)cc1. The molecule has 2 aromatic rings. The number of allylic oxidation sites excluding steroid dienone is 3. The molecule has 0 bridgehead atoms. The van der Waals surface area contributed by atoms with E-state index in [2.05, 4.69) is 22.0 Å². The third-order valence-corrected chi connectivity index (χ3v) is 5.67. The summed E-state index contributed by atoms with van der Waals surface area (Å²) in [5.41, 5.74) is 8.71. The van der Waals surface area contributed by atoms with Gasteiger partial charge in [-0.25, -0.2) is 0 Å². The molecule has 29 heavy (non-hydrogen) atoms. The summed E-state index contributed by atoms with van der Waals surface area (Å²) >= 11 is 3.42. The summed E-state index contributed by atoms with van der Waals surface area (Å²) in [4.78, 5) is 12.6.